The highest BCUT2D eigenvalue weighted by Gasteiger charge is 2.07. The number of guanidine groups is 1. The second-order valence-corrected chi connectivity index (χ2v) is 4.84. The Morgan fingerprint density at radius 3 is 2.43 bits per heavy atom. The second kappa shape index (κ2) is 6.20. The predicted octanol–water partition coefficient (Wildman–Crippen LogP) is 2.13. The Hall–Kier alpha value is -3.32. The highest BCUT2D eigenvalue weighted by molar-refractivity contribution is 5.86. The van der Waals surface area contributed by atoms with Crippen molar-refractivity contribution in [1.82, 2.24) is 5.43 Å². The molecule has 7 heteroatoms. The van der Waals surface area contributed by atoms with Crippen molar-refractivity contribution in [2.24, 2.45) is 27.3 Å². The minimum atomic E-state index is 0.0292. The number of nitrogens with zero attached hydrogens (tertiary/aromatic N) is 2. The van der Waals surface area contributed by atoms with Crippen LogP contribution in [0.25, 0.3) is 22.3 Å². The van der Waals surface area contributed by atoms with Gasteiger partial charge in [-0.2, -0.15) is 0 Å². The molecular formula is C16H16N6O. The maximum absolute atomic E-state index is 5.86. The zero-order valence-corrected chi connectivity index (χ0v) is 12.2. The number of hydrazine groups is 1. The first-order valence-electron chi connectivity index (χ1n) is 6.88. The monoisotopic (exact) mass is 308 g/mol. The van der Waals surface area contributed by atoms with Crippen LogP contribution in [-0.2, 0) is 0 Å². The van der Waals surface area contributed by atoms with Crippen LogP contribution in [0, 0.1) is 0 Å². The van der Waals surface area contributed by atoms with Crippen molar-refractivity contribution in [3.05, 3.63) is 48.5 Å². The van der Waals surface area contributed by atoms with Crippen LogP contribution >= 0.6 is 0 Å². The van der Waals surface area contributed by atoms with Crippen LogP contribution in [0.1, 0.15) is 0 Å². The molecule has 3 rings (SSSR count). The van der Waals surface area contributed by atoms with E-state index in [1.54, 1.807) is 0 Å². The van der Waals surface area contributed by atoms with E-state index in [2.05, 4.69) is 15.4 Å². The zero-order chi connectivity index (χ0) is 16.2. The summed E-state index contributed by atoms with van der Waals surface area (Å²) in [6.07, 6.45) is 1.42. The van der Waals surface area contributed by atoms with Gasteiger partial charge in [0.25, 0.3) is 0 Å². The van der Waals surface area contributed by atoms with Gasteiger partial charge in [-0.1, -0.05) is 0 Å². The number of benzene rings is 2. The van der Waals surface area contributed by atoms with E-state index in [9.17, 15) is 0 Å². The third-order valence-electron chi connectivity index (χ3n) is 3.20. The molecule has 2 aromatic carbocycles. The van der Waals surface area contributed by atoms with Crippen LogP contribution in [0.3, 0.4) is 0 Å². The summed E-state index contributed by atoms with van der Waals surface area (Å²) < 4.78 is 5.86. The molecule has 0 spiro atoms. The van der Waals surface area contributed by atoms with Crippen LogP contribution in [0.2, 0.25) is 0 Å². The van der Waals surface area contributed by atoms with E-state index in [1.165, 1.54) is 6.34 Å². The van der Waals surface area contributed by atoms with Gasteiger partial charge in [-0.15, -0.1) is 0 Å². The predicted molar refractivity (Wildman–Crippen MR) is 92.6 cm³/mol. The SMILES string of the molecule is NNC=Nc1ccc2oc(-c3ccc(N=C(N)N)cc3)cc2c1. The van der Waals surface area contributed by atoms with Gasteiger partial charge >= 0.3 is 0 Å². The third kappa shape index (κ3) is 3.30. The molecule has 116 valence electrons. The van der Waals surface area contributed by atoms with Gasteiger partial charge in [0.1, 0.15) is 17.7 Å². The van der Waals surface area contributed by atoms with Crippen molar-refractivity contribution in [2.45, 2.75) is 0 Å². The number of fused-ring (bicyclic) bond motifs is 1. The molecule has 0 amide bonds. The first-order valence-corrected chi connectivity index (χ1v) is 6.88. The Labute approximate surface area is 132 Å². The Morgan fingerprint density at radius 1 is 1.00 bits per heavy atom. The van der Waals surface area contributed by atoms with E-state index in [4.69, 9.17) is 21.7 Å². The van der Waals surface area contributed by atoms with Crippen LogP contribution < -0.4 is 22.7 Å². The fraction of sp³-hybridized carbons (Fsp3) is 0. The lowest BCUT2D eigenvalue weighted by Gasteiger charge is -1.98. The molecule has 1 aromatic heterocycles. The number of nitrogens with one attached hydrogen (secondary N) is 1. The molecule has 1 heterocycles. The number of aliphatic imine (C=N–C) groups is 2. The first kappa shape index (κ1) is 14.6. The van der Waals surface area contributed by atoms with Crippen molar-refractivity contribution >= 4 is 34.6 Å². The van der Waals surface area contributed by atoms with Crippen molar-refractivity contribution in [3.63, 3.8) is 0 Å². The summed E-state index contributed by atoms with van der Waals surface area (Å²) in [6.45, 7) is 0. The second-order valence-electron chi connectivity index (χ2n) is 4.84. The standard InChI is InChI=1S/C16H16N6O/c17-16(18)22-12-3-1-10(2-4-12)15-8-11-7-13(20-9-21-19)5-6-14(11)23-15/h1-9H,19H2,(H,20,21)(H4,17,18,22). The van der Waals surface area contributed by atoms with Crippen molar-refractivity contribution in [3.8, 4) is 11.3 Å². The average Bonchev–Trinajstić information content (AvgIpc) is 2.96. The Kier molecular flexibility index (Phi) is 3.94. The number of furan rings is 1. The summed E-state index contributed by atoms with van der Waals surface area (Å²) in [4.78, 5) is 8.14. The van der Waals surface area contributed by atoms with Crippen LogP contribution in [-0.4, -0.2) is 12.3 Å². The molecule has 7 N–H and O–H groups in total. The van der Waals surface area contributed by atoms with Gasteiger partial charge in [0, 0.05) is 10.9 Å². The molecule has 0 saturated heterocycles. The molecule has 23 heavy (non-hydrogen) atoms. The summed E-state index contributed by atoms with van der Waals surface area (Å²) in [7, 11) is 0. The average molecular weight is 308 g/mol. The first-order chi connectivity index (χ1) is 11.2. The highest BCUT2D eigenvalue weighted by atomic mass is 16.3. The number of nitrogens with two attached hydrogens (primary N) is 3. The molecule has 0 atom stereocenters. The summed E-state index contributed by atoms with van der Waals surface area (Å²) in [5.41, 5.74) is 16.3. The van der Waals surface area contributed by atoms with E-state index in [1.807, 2.05) is 48.5 Å². The number of hydrogen-bond acceptors (Lipinski definition) is 4. The summed E-state index contributed by atoms with van der Waals surface area (Å²) in [5, 5.41) is 0.958. The van der Waals surface area contributed by atoms with E-state index in [-0.39, 0.29) is 5.96 Å². The largest absolute Gasteiger partial charge is 0.456 e. The normalized spacial score (nSPS) is 11.0. The smallest absolute Gasteiger partial charge is 0.191 e. The molecule has 0 fully saturated rings. The van der Waals surface area contributed by atoms with Crippen LogP contribution in [0.4, 0.5) is 11.4 Å². The quantitative estimate of drug-likeness (QED) is 0.254. The number of hydrogen-bond donors (Lipinski definition) is 4. The lowest BCUT2D eigenvalue weighted by Crippen LogP contribution is -2.21. The molecule has 7 nitrogen and oxygen atoms in total. The summed E-state index contributed by atoms with van der Waals surface area (Å²) in [6, 6.07) is 15.0. The topological polar surface area (TPSA) is 128 Å². The highest BCUT2D eigenvalue weighted by Crippen LogP contribution is 2.31. The van der Waals surface area contributed by atoms with Gasteiger partial charge in [0.05, 0.1) is 11.4 Å². The fourth-order valence-corrected chi connectivity index (χ4v) is 2.21. The molecule has 0 aliphatic rings. The van der Waals surface area contributed by atoms with Crippen LogP contribution in [0.5, 0.6) is 0 Å². The van der Waals surface area contributed by atoms with E-state index in [0.717, 1.165) is 28.0 Å². The van der Waals surface area contributed by atoms with Crippen molar-refractivity contribution < 1.29 is 4.42 Å². The molecule has 0 saturated carbocycles. The minimum Gasteiger partial charge on any atom is -0.456 e. The lowest BCUT2D eigenvalue weighted by molar-refractivity contribution is 0.631. The van der Waals surface area contributed by atoms with Crippen molar-refractivity contribution in [2.75, 3.05) is 0 Å². The Bertz CT molecular complexity index is 875. The molecule has 0 aliphatic carbocycles. The van der Waals surface area contributed by atoms with Crippen molar-refractivity contribution in [1.29, 1.82) is 0 Å². The third-order valence-corrected chi connectivity index (χ3v) is 3.20. The molecule has 3 aromatic rings. The van der Waals surface area contributed by atoms with E-state index in [0.29, 0.717) is 5.69 Å². The van der Waals surface area contributed by atoms with Gasteiger partial charge in [-0.3, -0.25) is 0 Å². The molecule has 0 aliphatic heterocycles. The Morgan fingerprint density at radius 2 is 1.74 bits per heavy atom. The molecular weight excluding hydrogens is 292 g/mol. The lowest BCUT2D eigenvalue weighted by atomic mass is 10.1. The zero-order valence-electron chi connectivity index (χ0n) is 12.2. The van der Waals surface area contributed by atoms with E-state index >= 15 is 0 Å². The van der Waals surface area contributed by atoms with Gasteiger partial charge in [-0.25, -0.2) is 15.8 Å². The van der Waals surface area contributed by atoms with Gasteiger partial charge in [0.15, 0.2) is 5.96 Å². The minimum absolute atomic E-state index is 0.0292. The maximum atomic E-state index is 5.86. The molecule has 0 unspecified atom stereocenters. The summed E-state index contributed by atoms with van der Waals surface area (Å²) in [5.74, 6) is 5.96. The molecule has 0 radical (unpaired) electrons. The van der Waals surface area contributed by atoms with E-state index < -0.39 is 0 Å². The van der Waals surface area contributed by atoms with Gasteiger partial charge in [0.2, 0.25) is 0 Å². The van der Waals surface area contributed by atoms with Crippen LogP contribution in [0.15, 0.2) is 62.9 Å². The number of rotatable bonds is 4. The Balaban J connectivity index is 1.93. The summed E-state index contributed by atoms with van der Waals surface area (Å²) >= 11 is 0. The van der Waals surface area contributed by atoms with Gasteiger partial charge < -0.3 is 21.3 Å². The maximum Gasteiger partial charge on any atom is 0.191 e. The fourth-order valence-electron chi connectivity index (χ4n) is 2.21. The van der Waals surface area contributed by atoms with Gasteiger partial charge in [-0.05, 0) is 48.5 Å². The molecule has 0 bridgehead atoms.